The van der Waals surface area contributed by atoms with Crippen molar-refractivity contribution in [2.24, 2.45) is 0 Å². The van der Waals surface area contributed by atoms with Crippen LogP contribution in [0.15, 0.2) is 24.3 Å². The number of aromatic hydroxyl groups is 2. The van der Waals surface area contributed by atoms with Gasteiger partial charge in [-0.3, -0.25) is 0 Å². The quantitative estimate of drug-likeness (QED) is 0.628. The first-order valence-corrected chi connectivity index (χ1v) is 10.9. The van der Waals surface area contributed by atoms with Crippen molar-refractivity contribution < 1.29 is 24.4 Å². The normalized spacial score (nSPS) is 20.1. The van der Waals surface area contributed by atoms with E-state index >= 15 is 0 Å². The van der Waals surface area contributed by atoms with Crippen molar-refractivity contribution in [2.45, 2.75) is 78.8 Å². The molecule has 0 spiro atoms. The summed E-state index contributed by atoms with van der Waals surface area (Å²) >= 11 is 0. The molecule has 4 rings (SSSR count). The summed E-state index contributed by atoms with van der Waals surface area (Å²) in [5.74, 6) is 0.706. The Labute approximate surface area is 186 Å². The number of benzene rings is 2. The monoisotopic (exact) mass is 428 g/mol. The van der Waals surface area contributed by atoms with Gasteiger partial charge < -0.3 is 24.4 Å². The molecule has 0 radical (unpaired) electrons. The summed E-state index contributed by atoms with van der Waals surface area (Å²) in [5, 5.41) is 19.6. The number of hydrogen-bond acceptors (Lipinski definition) is 5. The Bertz CT molecular complexity index is 829. The Morgan fingerprint density at radius 1 is 0.677 bits per heavy atom. The topological polar surface area (TPSA) is 74.8 Å². The van der Waals surface area contributed by atoms with Crippen LogP contribution in [0.2, 0.25) is 0 Å². The maximum absolute atomic E-state index is 9.79. The zero-order chi connectivity index (χ0) is 23.1. The number of phenols is 2. The molecule has 2 aromatic rings. The number of phenolic OH excluding ortho intramolecular Hbond substituents is 2. The third-order valence-corrected chi connectivity index (χ3v) is 6.06. The first kappa shape index (κ1) is 23.6. The second-order valence-corrected chi connectivity index (χ2v) is 9.87. The van der Waals surface area contributed by atoms with E-state index in [-0.39, 0.29) is 23.4 Å². The molecule has 5 nitrogen and oxygen atoms in total. The predicted octanol–water partition coefficient (Wildman–Crippen LogP) is 5.36. The molecule has 2 atom stereocenters. The van der Waals surface area contributed by atoms with E-state index in [1.165, 1.54) is 0 Å². The molecule has 0 saturated carbocycles. The Morgan fingerprint density at radius 2 is 0.935 bits per heavy atom. The molecule has 2 aliphatic heterocycles. The van der Waals surface area contributed by atoms with E-state index in [9.17, 15) is 10.2 Å². The largest absolute Gasteiger partial charge is 0.507 e. The molecule has 0 bridgehead atoms. The maximum Gasteiger partial charge on any atom is 0.121 e. The van der Waals surface area contributed by atoms with Crippen LogP contribution in [0.5, 0.6) is 11.5 Å². The molecule has 0 amide bonds. The lowest BCUT2D eigenvalue weighted by Gasteiger charge is -2.34. The zero-order valence-electron chi connectivity index (χ0n) is 20.0. The van der Waals surface area contributed by atoms with Crippen molar-refractivity contribution in [3.63, 3.8) is 0 Å². The van der Waals surface area contributed by atoms with Gasteiger partial charge >= 0.3 is 0 Å². The van der Waals surface area contributed by atoms with Crippen LogP contribution in [0.3, 0.4) is 0 Å². The fourth-order valence-electron chi connectivity index (χ4n) is 3.95. The van der Waals surface area contributed by atoms with Gasteiger partial charge in [-0.1, -0.05) is 0 Å². The fourth-order valence-corrected chi connectivity index (χ4v) is 3.95. The van der Waals surface area contributed by atoms with Crippen molar-refractivity contribution in [3.8, 4) is 22.6 Å². The highest BCUT2D eigenvalue weighted by molar-refractivity contribution is 5.70. The molecule has 0 aromatic heterocycles. The van der Waals surface area contributed by atoms with Crippen molar-refractivity contribution in [2.75, 3.05) is 13.2 Å². The van der Waals surface area contributed by atoms with Gasteiger partial charge in [0.2, 0.25) is 0 Å². The Kier molecular flexibility index (Phi) is 6.43. The summed E-state index contributed by atoms with van der Waals surface area (Å²) in [6.45, 7) is 17.5. The van der Waals surface area contributed by atoms with Crippen LogP contribution in [0.4, 0.5) is 0 Å². The highest BCUT2D eigenvalue weighted by atomic mass is 16.6. The average Bonchev–Trinajstić information content (AvgIpc) is 3.55. The highest BCUT2D eigenvalue weighted by Crippen LogP contribution is 2.37. The van der Waals surface area contributed by atoms with E-state index in [1.54, 1.807) is 0 Å². The summed E-state index contributed by atoms with van der Waals surface area (Å²) in [5.41, 5.74) is 5.23. The van der Waals surface area contributed by atoms with Gasteiger partial charge in [-0.15, -0.1) is 0 Å². The second kappa shape index (κ2) is 8.45. The van der Waals surface area contributed by atoms with E-state index in [2.05, 4.69) is 27.7 Å². The van der Waals surface area contributed by atoms with Crippen LogP contribution in [-0.4, -0.2) is 46.8 Å². The second-order valence-electron chi connectivity index (χ2n) is 9.87. The first-order chi connectivity index (χ1) is 14.3. The van der Waals surface area contributed by atoms with Crippen LogP contribution in [0.25, 0.3) is 11.1 Å². The SMILES string of the molecule is CC(C)(OC(C)(C)C1CO1)C1CO1.Cc1cc(-c2cc(C)c(O)c(C)c2)cc(C)c1O. The third kappa shape index (κ3) is 5.59. The summed E-state index contributed by atoms with van der Waals surface area (Å²) in [6, 6.07) is 7.86. The molecule has 2 saturated heterocycles. The smallest absolute Gasteiger partial charge is 0.121 e. The number of aryl methyl sites for hydroxylation is 4. The lowest BCUT2D eigenvalue weighted by molar-refractivity contribution is -0.142. The van der Waals surface area contributed by atoms with Gasteiger partial charge in [0.05, 0.1) is 24.4 Å². The van der Waals surface area contributed by atoms with Crippen molar-refractivity contribution in [1.82, 2.24) is 0 Å². The lowest BCUT2D eigenvalue weighted by atomic mass is 9.96. The fraction of sp³-hybridized carbons (Fsp3) is 0.538. The molecule has 2 heterocycles. The zero-order valence-corrected chi connectivity index (χ0v) is 20.0. The van der Waals surface area contributed by atoms with Crippen LogP contribution in [0.1, 0.15) is 49.9 Å². The van der Waals surface area contributed by atoms with Gasteiger partial charge in [-0.2, -0.15) is 0 Å². The molecule has 2 aromatic carbocycles. The molecular weight excluding hydrogens is 392 g/mol. The third-order valence-electron chi connectivity index (χ3n) is 6.06. The number of epoxide rings is 2. The van der Waals surface area contributed by atoms with Crippen LogP contribution in [-0.2, 0) is 14.2 Å². The molecule has 2 N–H and O–H groups in total. The number of rotatable bonds is 5. The molecular formula is C26H36O5. The molecule has 2 fully saturated rings. The summed E-state index contributed by atoms with van der Waals surface area (Å²) < 4.78 is 16.5. The molecule has 2 aliphatic rings. The minimum atomic E-state index is -0.185. The van der Waals surface area contributed by atoms with E-state index < -0.39 is 0 Å². The Hall–Kier alpha value is -2.08. The molecule has 170 valence electrons. The summed E-state index contributed by atoms with van der Waals surface area (Å²) in [4.78, 5) is 0. The average molecular weight is 429 g/mol. The van der Waals surface area contributed by atoms with E-state index in [1.807, 2.05) is 52.0 Å². The van der Waals surface area contributed by atoms with Crippen molar-refractivity contribution in [3.05, 3.63) is 46.5 Å². The van der Waals surface area contributed by atoms with Gasteiger partial charge in [0.1, 0.15) is 23.7 Å². The van der Waals surface area contributed by atoms with E-state index in [0.29, 0.717) is 11.5 Å². The van der Waals surface area contributed by atoms with Gasteiger partial charge in [0.25, 0.3) is 0 Å². The highest BCUT2D eigenvalue weighted by Gasteiger charge is 2.49. The standard InChI is InChI=1S/C16H18O2.C10H18O3/c1-9-5-13(6-10(2)15(9)17)14-7-11(3)16(18)12(4)8-14;1-9(2,7-5-11-7)13-10(3,4)8-6-12-8/h5-8,17-18H,1-4H3;7-8H,5-6H2,1-4H3. The number of ether oxygens (including phenoxy) is 3. The minimum Gasteiger partial charge on any atom is -0.507 e. The van der Waals surface area contributed by atoms with Gasteiger partial charge in [0.15, 0.2) is 0 Å². The predicted molar refractivity (Wildman–Crippen MR) is 123 cm³/mol. The Morgan fingerprint density at radius 3 is 1.16 bits per heavy atom. The van der Waals surface area contributed by atoms with Gasteiger partial charge in [0, 0.05) is 0 Å². The van der Waals surface area contributed by atoms with Crippen LogP contribution < -0.4 is 0 Å². The van der Waals surface area contributed by atoms with E-state index in [0.717, 1.165) is 46.6 Å². The first-order valence-electron chi connectivity index (χ1n) is 10.9. The van der Waals surface area contributed by atoms with E-state index in [4.69, 9.17) is 14.2 Å². The molecule has 0 aliphatic carbocycles. The summed E-state index contributed by atoms with van der Waals surface area (Å²) in [6.07, 6.45) is 0.538. The van der Waals surface area contributed by atoms with Gasteiger partial charge in [-0.25, -0.2) is 0 Å². The maximum atomic E-state index is 9.79. The molecule has 31 heavy (non-hydrogen) atoms. The van der Waals surface area contributed by atoms with Gasteiger partial charge in [-0.05, 0) is 113 Å². The van der Waals surface area contributed by atoms with Crippen molar-refractivity contribution >= 4 is 0 Å². The van der Waals surface area contributed by atoms with Crippen LogP contribution in [0, 0.1) is 27.7 Å². The molecule has 2 unspecified atom stereocenters. The summed E-state index contributed by atoms with van der Waals surface area (Å²) in [7, 11) is 0. The van der Waals surface area contributed by atoms with Crippen LogP contribution >= 0.6 is 0 Å². The number of hydrogen-bond donors (Lipinski definition) is 2. The minimum absolute atomic E-state index is 0.185. The Balaban J connectivity index is 0.000000185. The molecule has 5 heteroatoms. The lowest BCUT2D eigenvalue weighted by Crippen LogP contribution is -2.44. The van der Waals surface area contributed by atoms with Crippen molar-refractivity contribution in [1.29, 1.82) is 0 Å².